The van der Waals surface area contributed by atoms with Crippen LogP contribution in [0.25, 0.3) is 6.08 Å². The average molecular weight is 465 g/mol. The number of methoxy groups -OCH3 is 1. The first-order valence-electron chi connectivity index (χ1n) is 9.99. The summed E-state index contributed by atoms with van der Waals surface area (Å²) in [6, 6.07) is 14.7. The van der Waals surface area contributed by atoms with Crippen molar-refractivity contribution in [2.24, 2.45) is 0 Å². The van der Waals surface area contributed by atoms with Crippen molar-refractivity contribution in [2.75, 3.05) is 13.9 Å². The number of carbonyl (C=O) groups excluding carboxylic acids is 2. The summed E-state index contributed by atoms with van der Waals surface area (Å²) in [5, 5.41) is 0.490. The number of carbonyl (C=O) groups is 2. The van der Waals surface area contributed by atoms with Gasteiger partial charge in [0.2, 0.25) is 5.78 Å². The second kappa shape index (κ2) is 8.61. The summed E-state index contributed by atoms with van der Waals surface area (Å²) in [4.78, 5) is 25.4. The van der Waals surface area contributed by atoms with Crippen LogP contribution in [0.2, 0.25) is 5.02 Å². The largest absolute Gasteiger partial charge is 0.497 e. The van der Waals surface area contributed by atoms with E-state index >= 15 is 0 Å². The smallest absolute Gasteiger partial charge is 0.343 e. The number of hydrogen-bond donors (Lipinski definition) is 0. The van der Waals surface area contributed by atoms with Crippen LogP contribution in [-0.2, 0) is 11.3 Å². The summed E-state index contributed by atoms with van der Waals surface area (Å²) in [5.74, 6) is 0.939. The van der Waals surface area contributed by atoms with E-state index in [1.807, 2.05) is 0 Å². The maximum absolute atomic E-state index is 12.9. The number of fused-ring (bicyclic) bond motifs is 2. The van der Waals surface area contributed by atoms with Crippen molar-refractivity contribution in [3.8, 4) is 23.0 Å². The van der Waals surface area contributed by atoms with Crippen molar-refractivity contribution in [2.45, 2.75) is 6.61 Å². The summed E-state index contributed by atoms with van der Waals surface area (Å²) in [6.45, 7) is 0.477. The molecule has 8 heteroatoms. The fraction of sp³-hybridized carbons (Fsp3) is 0.120. The molecule has 0 atom stereocenters. The number of halogens is 1. The molecule has 2 aliphatic heterocycles. The van der Waals surface area contributed by atoms with Crippen LogP contribution in [0.5, 0.6) is 23.0 Å². The topological polar surface area (TPSA) is 80.3 Å². The van der Waals surface area contributed by atoms with Gasteiger partial charge in [0, 0.05) is 22.2 Å². The van der Waals surface area contributed by atoms with Gasteiger partial charge in [0.25, 0.3) is 0 Å². The molecule has 7 nitrogen and oxygen atoms in total. The number of benzene rings is 3. The van der Waals surface area contributed by atoms with Crippen LogP contribution >= 0.6 is 11.6 Å². The highest BCUT2D eigenvalue weighted by Crippen LogP contribution is 2.38. The third-order valence-corrected chi connectivity index (χ3v) is 5.37. The zero-order valence-electron chi connectivity index (χ0n) is 17.4. The lowest BCUT2D eigenvalue weighted by Crippen LogP contribution is -2.12. The third-order valence-electron chi connectivity index (χ3n) is 5.15. The van der Waals surface area contributed by atoms with Gasteiger partial charge in [0.05, 0.1) is 24.8 Å². The van der Waals surface area contributed by atoms with Crippen LogP contribution < -0.4 is 18.9 Å². The number of ether oxygens (including phenoxy) is 5. The van der Waals surface area contributed by atoms with E-state index in [0.29, 0.717) is 45.6 Å². The molecule has 0 aliphatic carbocycles. The average Bonchev–Trinajstić information content (AvgIpc) is 3.13. The predicted molar refractivity (Wildman–Crippen MR) is 119 cm³/mol. The Morgan fingerprint density at radius 2 is 1.97 bits per heavy atom. The van der Waals surface area contributed by atoms with Gasteiger partial charge in [-0.1, -0.05) is 17.7 Å². The van der Waals surface area contributed by atoms with Crippen molar-refractivity contribution in [3.05, 3.63) is 87.6 Å². The monoisotopic (exact) mass is 464 g/mol. The Labute approximate surface area is 194 Å². The molecule has 3 aromatic rings. The lowest BCUT2D eigenvalue weighted by atomic mass is 10.1. The molecule has 0 spiro atoms. The van der Waals surface area contributed by atoms with E-state index in [4.69, 9.17) is 35.3 Å². The Bertz CT molecular complexity index is 1310. The molecule has 166 valence electrons. The molecule has 3 aromatic carbocycles. The molecule has 2 heterocycles. The summed E-state index contributed by atoms with van der Waals surface area (Å²) in [5.41, 5.74) is 2.10. The molecule has 0 amide bonds. The molecule has 0 aromatic heterocycles. The van der Waals surface area contributed by atoms with Crippen LogP contribution in [-0.4, -0.2) is 25.7 Å². The van der Waals surface area contributed by atoms with E-state index in [0.717, 1.165) is 5.56 Å². The van der Waals surface area contributed by atoms with Gasteiger partial charge in [-0.3, -0.25) is 4.79 Å². The Balaban J connectivity index is 1.40. The van der Waals surface area contributed by atoms with E-state index < -0.39 is 5.97 Å². The first kappa shape index (κ1) is 21.1. The molecule has 0 radical (unpaired) electrons. The van der Waals surface area contributed by atoms with E-state index in [1.54, 1.807) is 54.6 Å². The Hall–Kier alpha value is -3.81. The number of allylic oxidation sites excluding steroid dienone is 1. The third kappa shape index (κ3) is 4.16. The van der Waals surface area contributed by atoms with Crippen LogP contribution in [0, 0.1) is 0 Å². The van der Waals surface area contributed by atoms with E-state index in [2.05, 4.69) is 0 Å². The molecule has 0 saturated heterocycles. The quantitative estimate of drug-likeness (QED) is 0.303. The lowest BCUT2D eigenvalue weighted by Gasteiger charge is -2.20. The molecule has 2 aliphatic rings. The Kier molecular flexibility index (Phi) is 5.50. The molecular formula is C25H17ClO7. The van der Waals surface area contributed by atoms with E-state index in [1.165, 1.54) is 13.2 Å². The minimum Gasteiger partial charge on any atom is -0.497 e. The SMILES string of the molecule is COc1cccc(C(=O)Oc2ccc3c(c2)O/C(=C\c2cc(Cl)cc4c2OCOC4)C3=O)c1. The Morgan fingerprint density at radius 3 is 2.82 bits per heavy atom. The molecule has 0 bridgehead atoms. The maximum atomic E-state index is 12.9. The van der Waals surface area contributed by atoms with Crippen LogP contribution in [0.3, 0.4) is 0 Å². The zero-order chi connectivity index (χ0) is 22.9. The molecule has 0 N–H and O–H groups in total. The van der Waals surface area contributed by atoms with Gasteiger partial charge in [0.1, 0.15) is 23.0 Å². The van der Waals surface area contributed by atoms with Gasteiger partial charge >= 0.3 is 5.97 Å². The fourth-order valence-electron chi connectivity index (χ4n) is 3.60. The molecule has 5 rings (SSSR count). The van der Waals surface area contributed by atoms with E-state index in [-0.39, 0.29) is 24.1 Å². The molecule has 0 unspecified atom stereocenters. The van der Waals surface area contributed by atoms with Crippen molar-refractivity contribution in [1.29, 1.82) is 0 Å². The number of hydrogen-bond acceptors (Lipinski definition) is 7. The number of Topliss-reactive ketones (excluding diaryl/α,β-unsaturated/α-hetero) is 1. The first-order valence-corrected chi connectivity index (χ1v) is 10.4. The normalized spacial score (nSPS) is 15.3. The predicted octanol–water partition coefficient (Wildman–Crippen LogP) is 5.05. The van der Waals surface area contributed by atoms with Crippen molar-refractivity contribution >= 4 is 29.4 Å². The minimum atomic E-state index is -0.557. The highest BCUT2D eigenvalue weighted by molar-refractivity contribution is 6.31. The van der Waals surface area contributed by atoms with Crippen LogP contribution in [0.4, 0.5) is 0 Å². The van der Waals surface area contributed by atoms with Gasteiger partial charge in [-0.25, -0.2) is 4.79 Å². The van der Waals surface area contributed by atoms with E-state index in [9.17, 15) is 9.59 Å². The number of ketones is 1. The van der Waals surface area contributed by atoms with Gasteiger partial charge < -0.3 is 23.7 Å². The molecule has 33 heavy (non-hydrogen) atoms. The highest BCUT2D eigenvalue weighted by Gasteiger charge is 2.29. The van der Waals surface area contributed by atoms with Gasteiger partial charge in [-0.05, 0) is 48.5 Å². The zero-order valence-corrected chi connectivity index (χ0v) is 18.2. The van der Waals surface area contributed by atoms with Gasteiger partial charge in [-0.15, -0.1) is 0 Å². The number of rotatable bonds is 4. The van der Waals surface area contributed by atoms with Crippen LogP contribution in [0.1, 0.15) is 31.8 Å². The second-order valence-corrected chi connectivity index (χ2v) is 7.75. The van der Waals surface area contributed by atoms with Gasteiger partial charge in [-0.2, -0.15) is 0 Å². The summed E-state index contributed by atoms with van der Waals surface area (Å²) in [7, 11) is 1.52. The highest BCUT2D eigenvalue weighted by atomic mass is 35.5. The van der Waals surface area contributed by atoms with Gasteiger partial charge in [0.15, 0.2) is 12.6 Å². The minimum absolute atomic E-state index is 0.112. The Morgan fingerprint density at radius 1 is 1.09 bits per heavy atom. The molecule has 0 fully saturated rings. The van der Waals surface area contributed by atoms with Crippen molar-refractivity contribution < 1.29 is 33.3 Å². The maximum Gasteiger partial charge on any atom is 0.343 e. The van der Waals surface area contributed by atoms with Crippen molar-refractivity contribution in [3.63, 3.8) is 0 Å². The first-order chi connectivity index (χ1) is 16.0. The van der Waals surface area contributed by atoms with Crippen molar-refractivity contribution in [1.82, 2.24) is 0 Å². The summed E-state index contributed by atoms with van der Waals surface area (Å²) in [6.07, 6.45) is 1.58. The molecular weight excluding hydrogens is 448 g/mol. The lowest BCUT2D eigenvalue weighted by molar-refractivity contribution is -0.0165. The molecule has 0 saturated carbocycles. The summed E-state index contributed by atoms with van der Waals surface area (Å²) >= 11 is 6.21. The summed E-state index contributed by atoms with van der Waals surface area (Å²) < 4.78 is 27.3. The second-order valence-electron chi connectivity index (χ2n) is 7.31. The fourth-order valence-corrected chi connectivity index (χ4v) is 3.85. The standard InChI is InChI=1S/C25H17ClO7/c1-29-18-4-2-3-14(9-18)25(28)32-19-5-6-20-21(11-19)33-22(23(20)27)10-15-7-17(26)8-16-12-30-13-31-24(15)16/h2-11H,12-13H2,1H3/b22-10-. The number of esters is 1. The van der Waals surface area contributed by atoms with Crippen LogP contribution in [0.15, 0.2) is 60.4 Å².